The monoisotopic (exact) mass is 428 g/mol. The van der Waals surface area contributed by atoms with Gasteiger partial charge >= 0.3 is 0 Å². The van der Waals surface area contributed by atoms with Crippen molar-refractivity contribution in [3.63, 3.8) is 0 Å². The van der Waals surface area contributed by atoms with Crippen LogP contribution in [0.15, 0.2) is 36.1 Å². The van der Waals surface area contributed by atoms with E-state index in [9.17, 15) is 25.5 Å². The van der Waals surface area contributed by atoms with Gasteiger partial charge in [0.2, 0.25) is 0 Å². The van der Waals surface area contributed by atoms with Gasteiger partial charge in [-0.3, -0.25) is 0 Å². The third-order valence-electron chi connectivity index (χ3n) is 5.76. The molecular weight excluding hydrogens is 396 g/mol. The lowest BCUT2D eigenvalue weighted by atomic mass is 9.96. The van der Waals surface area contributed by atoms with Crippen molar-refractivity contribution in [1.82, 2.24) is 0 Å². The Labute approximate surface area is 183 Å². The number of aliphatic hydroxyl groups excluding tert-OH is 1. The number of ether oxygens (including phenoxy) is 1. The quantitative estimate of drug-likeness (QED) is 0.248. The predicted molar refractivity (Wildman–Crippen MR) is 119 cm³/mol. The summed E-state index contributed by atoms with van der Waals surface area (Å²) >= 11 is 0. The number of rotatable bonds is 10. The molecule has 31 heavy (non-hydrogen) atoms. The lowest BCUT2D eigenvalue weighted by molar-refractivity contribution is -0.139. The van der Waals surface area contributed by atoms with Crippen LogP contribution < -0.4 is 4.74 Å². The first kappa shape index (κ1) is 22.8. The van der Waals surface area contributed by atoms with Gasteiger partial charge in [0.05, 0.1) is 0 Å². The lowest BCUT2D eigenvalue weighted by Gasteiger charge is -2.33. The van der Waals surface area contributed by atoms with E-state index in [0.29, 0.717) is 11.3 Å². The molecule has 1 unspecified atom stereocenters. The van der Waals surface area contributed by atoms with Crippen LogP contribution in [0.4, 0.5) is 0 Å². The zero-order chi connectivity index (χ0) is 22.4. The Kier molecular flexibility index (Phi) is 7.33. The van der Waals surface area contributed by atoms with Crippen LogP contribution >= 0.6 is 0 Å². The summed E-state index contributed by atoms with van der Waals surface area (Å²) in [6.07, 6.45) is 12.2. The zero-order valence-corrected chi connectivity index (χ0v) is 18.0. The van der Waals surface area contributed by atoms with Crippen LogP contribution in [0.2, 0.25) is 0 Å². The normalized spacial score (nSPS) is 17.7. The van der Waals surface area contributed by atoms with Crippen molar-refractivity contribution >= 4 is 6.08 Å². The van der Waals surface area contributed by atoms with Crippen LogP contribution in [0.3, 0.4) is 0 Å². The Morgan fingerprint density at radius 1 is 0.806 bits per heavy atom. The van der Waals surface area contributed by atoms with Gasteiger partial charge in [0.15, 0.2) is 23.0 Å². The molecular formula is C25H32O6. The lowest BCUT2D eigenvalue weighted by Crippen LogP contribution is -2.37. The summed E-state index contributed by atoms with van der Waals surface area (Å²) < 4.78 is 5.72. The summed E-state index contributed by atoms with van der Waals surface area (Å²) in [5.41, 5.74) is 1.58. The zero-order valence-electron chi connectivity index (χ0n) is 18.0. The second-order valence-electron chi connectivity index (χ2n) is 8.24. The molecule has 0 bridgehead atoms. The molecule has 2 aromatic rings. The second-order valence-corrected chi connectivity index (χ2v) is 8.24. The molecule has 1 atom stereocenters. The van der Waals surface area contributed by atoms with Crippen molar-refractivity contribution in [2.24, 2.45) is 0 Å². The Balaban J connectivity index is 1.66. The molecule has 0 fully saturated rings. The Hall–Kier alpha value is -2.86. The van der Waals surface area contributed by atoms with Gasteiger partial charge in [-0.2, -0.15) is 0 Å². The number of hydrogen-bond donors (Lipinski definition) is 5. The number of hydrogen-bond acceptors (Lipinski definition) is 6. The topological polar surface area (TPSA) is 110 Å². The van der Waals surface area contributed by atoms with Crippen molar-refractivity contribution in [3.8, 4) is 23.0 Å². The summed E-state index contributed by atoms with van der Waals surface area (Å²) in [4.78, 5) is 0. The maximum atomic E-state index is 11.0. The number of aromatic hydroxyl groups is 3. The van der Waals surface area contributed by atoms with Gasteiger partial charge < -0.3 is 30.3 Å². The summed E-state index contributed by atoms with van der Waals surface area (Å²) in [5.74, 6) is -4.35. The Bertz CT molecular complexity index is 913. The molecule has 1 aliphatic heterocycles. The molecule has 168 valence electrons. The fourth-order valence-corrected chi connectivity index (χ4v) is 3.87. The van der Waals surface area contributed by atoms with Gasteiger partial charge in [0.1, 0.15) is 5.75 Å². The number of unbranched alkanes of at least 4 members (excludes halogenated alkanes) is 7. The Morgan fingerprint density at radius 3 is 2.06 bits per heavy atom. The number of phenols is 3. The van der Waals surface area contributed by atoms with E-state index in [1.54, 1.807) is 0 Å². The minimum Gasteiger partial charge on any atom is -0.506 e. The van der Waals surface area contributed by atoms with E-state index in [1.807, 2.05) is 18.2 Å². The van der Waals surface area contributed by atoms with Crippen LogP contribution in [-0.4, -0.2) is 25.5 Å². The van der Waals surface area contributed by atoms with Crippen LogP contribution in [0.1, 0.15) is 75.0 Å². The van der Waals surface area contributed by atoms with E-state index in [4.69, 9.17) is 4.74 Å². The van der Waals surface area contributed by atoms with Crippen LogP contribution in [0.5, 0.6) is 23.0 Å². The fourth-order valence-electron chi connectivity index (χ4n) is 3.87. The standard InChI is InChI=1S/C25H32O6/c1-2-3-4-5-6-7-8-9-10-17-11-12-18-14-23(28)25(30,31-22(18)13-17)19-15-20(26)24(29)21(27)16-19/h11-16,26-30H,2-10H2,1H3. The van der Waals surface area contributed by atoms with Crippen LogP contribution in [0, 0.1) is 0 Å². The van der Waals surface area contributed by atoms with Gasteiger partial charge in [0.25, 0.3) is 5.79 Å². The first-order valence-corrected chi connectivity index (χ1v) is 11.1. The van der Waals surface area contributed by atoms with Crippen molar-refractivity contribution < 1.29 is 30.3 Å². The van der Waals surface area contributed by atoms with Crippen molar-refractivity contribution in [3.05, 3.63) is 52.8 Å². The highest BCUT2D eigenvalue weighted by atomic mass is 16.6. The van der Waals surface area contributed by atoms with Crippen LogP contribution in [-0.2, 0) is 12.2 Å². The SMILES string of the molecule is CCCCCCCCCCc1ccc2c(c1)OC(O)(c1cc(O)c(O)c(O)c1)C(O)=C2. The highest BCUT2D eigenvalue weighted by Crippen LogP contribution is 2.44. The van der Waals surface area contributed by atoms with Gasteiger partial charge in [-0.1, -0.05) is 64.0 Å². The van der Waals surface area contributed by atoms with Gasteiger partial charge in [-0.15, -0.1) is 0 Å². The van der Waals surface area contributed by atoms with E-state index < -0.39 is 28.8 Å². The number of phenolic OH excluding ortho intramolecular Hbond substituents is 3. The molecule has 6 heteroatoms. The fraction of sp³-hybridized carbons (Fsp3) is 0.440. The largest absolute Gasteiger partial charge is 0.506 e. The van der Waals surface area contributed by atoms with Crippen molar-refractivity contribution in [2.75, 3.05) is 0 Å². The average Bonchev–Trinajstić information content (AvgIpc) is 2.74. The van der Waals surface area contributed by atoms with E-state index in [-0.39, 0.29) is 5.56 Å². The number of aryl methyl sites for hydroxylation is 1. The predicted octanol–water partition coefficient (Wildman–Crippen LogP) is 5.62. The Morgan fingerprint density at radius 2 is 1.42 bits per heavy atom. The van der Waals surface area contributed by atoms with Crippen molar-refractivity contribution in [1.29, 1.82) is 0 Å². The smallest absolute Gasteiger partial charge is 0.294 e. The van der Waals surface area contributed by atoms with Gasteiger partial charge in [-0.05, 0) is 42.7 Å². The summed E-state index contributed by atoms with van der Waals surface area (Å²) in [7, 11) is 0. The summed E-state index contributed by atoms with van der Waals surface area (Å²) in [6, 6.07) is 7.72. The van der Waals surface area contributed by atoms with Gasteiger partial charge in [0, 0.05) is 11.1 Å². The summed E-state index contributed by atoms with van der Waals surface area (Å²) in [6.45, 7) is 2.22. The maximum absolute atomic E-state index is 11.0. The molecule has 0 radical (unpaired) electrons. The molecule has 0 saturated heterocycles. The van der Waals surface area contributed by atoms with Gasteiger partial charge in [-0.25, -0.2) is 0 Å². The number of benzene rings is 2. The molecule has 0 spiro atoms. The molecule has 5 N–H and O–H groups in total. The van der Waals surface area contributed by atoms with Crippen molar-refractivity contribution in [2.45, 2.75) is 70.5 Å². The maximum Gasteiger partial charge on any atom is 0.294 e. The molecule has 6 nitrogen and oxygen atoms in total. The molecule has 1 heterocycles. The second kappa shape index (κ2) is 9.96. The first-order chi connectivity index (χ1) is 14.8. The molecule has 0 aliphatic carbocycles. The van der Waals surface area contributed by atoms with E-state index in [1.165, 1.54) is 51.0 Å². The molecule has 3 rings (SSSR count). The molecule has 0 aromatic heterocycles. The first-order valence-electron chi connectivity index (χ1n) is 11.1. The molecule has 0 amide bonds. The third-order valence-corrected chi connectivity index (χ3v) is 5.76. The average molecular weight is 429 g/mol. The molecule has 1 aliphatic rings. The summed E-state index contributed by atoms with van der Waals surface area (Å²) in [5, 5.41) is 50.5. The number of fused-ring (bicyclic) bond motifs is 1. The highest BCUT2D eigenvalue weighted by molar-refractivity contribution is 5.65. The molecule has 2 aromatic carbocycles. The van der Waals surface area contributed by atoms with E-state index in [2.05, 4.69) is 6.92 Å². The highest BCUT2D eigenvalue weighted by Gasteiger charge is 2.41. The minimum absolute atomic E-state index is 0.104. The molecule has 0 saturated carbocycles. The van der Waals surface area contributed by atoms with E-state index >= 15 is 0 Å². The minimum atomic E-state index is -2.28. The third kappa shape index (κ3) is 5.25. The van der Waals surface area contributed by atoms with Crippen LogP contribution in [0.25, 0.3) is 6.08 Å². The van der Waals surface area contributed by atoms with E-state index in [0.717, 1.165) is 30.5 Å². The number of aliphatic hydroxyl groups is 2.